The number of ether oxygens (including phenoxy) is 2. The van der Waals surface area contributed by atoms with Crippen molar-refractivity contribution in [3.05, 3.63) is 42.3 Å². The van der Waals surface area contributed by atoms with E-state index in [1.165, 1.54) is 5.56 Å². The van der Waals surface area contributed by atoms with Gasteiger partial charge in [0.25, 0.3) is 0 Å². The van der Waals surface area contributed by atoms with Gasteiger partial charge in [0, 0.05) is 6.61 Å². The van der Waals surface area contributed by atoms with Gasteiger partial charge in [-0.2, -0.15) is 13.3 Å². The van der Waals surface area contributed by atoms with E-state index in [4.69, 9.17) is 9.47 Å². The summed E-state index contributed by atoms with van der Waals surface area (Å²) in [5.41, 5.74) is 1.18. The molecule has 0 aliphatic heterocycles. The molecule has 2 nitrogen and oxygen atoms in total. The van der Waals surface area contributed by atoms with E-state index < -0.39 is 0 Å². The van der Waals surface area contributed by atoms with Gasteiger partial charge in [0.1, 0.15) is 6.79 Å². The predicted molar refractivity (Wildman–Crippen MR) is 67.0 cm³/mol. The van der Waals surface area contributed by atoms with Crippen LogP contribution in [0.3, 0.4) is 0 Å². The van der Waals surface area contributed by atoms with E-state index in [9.17, 15) is 0 Å². The third-order valence-corrected chi connectivity index (χ3v) is 2.06. The summed E-state index contributed by atoms with van der Waals surface area (Å²) in [6, 6.07) is 10.1. The Morgan fingerprint density at radius 3 is 2.47 bits per heavy atom. The molecule has 0 bridgehead atoms. The third kappa shape index (κ3) is 11.0. The second kappa shape index (κ2) is 14.3. The molecule has 0 heterocycles. The monoisotopic (exact) mass is 266 g/mol. The molecule has 92 valence electrons. The Morgan fingerprint density at radius 1 is 1.12 bits per heavy atom. The summed E-state index contributed by atoms with van der Waals surface area (Å²) < 4.78 is 10.7. The van der Waals surface area contributed by atoms with Gasteiger partial charge in [-0.3, -0.25) is 0 Å². The van der Waals surface area contributed by atoms with Crippen molar-refractivity contribution in [1.29, 1.82) is 0 Å². The smallest absolute Gasteiger partial charge is 1.00 e. The first-order valence-corrected chi connectivity index (χ1v) is 5.40. The van der Waals surface area contributed by atoms with E-state index in [2.05, 4.69) is 13.3 Å². The largest absolute Gasteiger partial charge is 2.00 e. The summed E-state index contributed by atoms with van der Waals surface area (Å²) in [6.45, 7) is 3.85. The van der Waals surface area contributed by atoms with E-state index in [0.29, 0.717) is 13.4 Å². The average molecular weight is 267 g/mol. The Hall–Kier alpha value is 0.196. The summed E-state index contributed by atoms with van der Waals surface area (Å²) in [7, 11) is 0. The zero-order valence-corrected chi connectivity index (χ0v) is 12.6. The van der Waals surface area contributed by atoms with Crippen LogP contribution in [0.4, 0.5) is 0 Å². The van der Waals surface area contributed by atoms with Crippen LogP contribution in [-0.2, 0) is 16.1 Å². The molecule has 0 N–H and O–H groups in total. The van der Waals surface area contributed by atoms with Crippen LogP contribution in [0.15, 0.2) is 30.3 Å². The number of rotatable bonds is 8. The number of hydrogen-bond acceptors (Lipinski definition) is 2. The van der Waals surface area contributed by atoms with Crippen LogP contribution in [0.5, 0.6) is 0 Å². The maximum atomic E-state index is 5.37. The van der Waals surface area contributed by atoms with Crippen LogP contribution in [0.2, 0.25) is 0 Å². The summed E-state index contributed by atoms with van der Waals surface area (Å²) in [6.07, 6.45) is 4.33. The van der Waals surface area contributed by atoms with Crippen molar-refractivity contribution in [2.45, 2.75) is 26.4 Å². The first kappa shape index (κ1) is 19.5. The topological polar surface area (TPSA) is 18.5 Å². The van der Waals surface area contributed by atoms with Crippen molar-refractivity contribution >= 4 is 23.1 Å². The average Bonchev–Trinajstić information content (AvgIpc) is 2.29. The van der Waals surface area contributed by atoms with Gasteiger partial charge in [0.05, 0.1) is 6.61 Å². The fourth-order valence-electron chi connectivity index (χ4n) is 1.24. The SMILES string of the molecule is C[CH-]CCCOCOCc1ccccc1.[Cl-].[Mg+2]. The Bertz CT molecular complexity index is 244. The van der Waals surface area contributed by atoms with E-state index in [-0.39, 0.29) is 35.5 Å². The van der Waals surface area contributed by atoms with Crippen LogP contribution in [0, 0.1) is 6.42 Å². The zero-order valence-electron chi connectivity index (χ0n) is 10.4. The molecule has 0 atom stereocenters. The predicted octanol–water partition coefficient (Wildman–Crippen LogP) is -0.195. The van der Waals surface area contributed by atoms with Crippen LogP contribution in [0.1, 0.15) is 25.3 Å². The first-order chi connectivity index (χ1) is 7.43. The van der Waals surface area contributed by atoms with Crippen molar-refractivity contribution in [1.82, 2.24) is 0 Å². The zero-order chi connectivity index (χ0) is 10.8. The molecule has 0 aliphatic carbocycles. The molecule has 17 heavy (non-hydrogen) atoms. The van der Waals surface area contributed by atoms with Gasteiger partial charge in [-0.1, -0.05) is 36.8 Å². The third-order valence-electron chi connectivity index (χ3n) is 2.06. The van der Waals surface area contributed by atoms with E-state index in [0.717, 1.165) is 19.4 Å². The fourth-order valence-corrected chi connectivity index (χ4v) is 1.24. The maximum absolute atomic E-state index is 5.37. The Balaban J connectivity index is 0. The summed E-state index contributed by atoms with van der Waals surface area (Å²) in [5.74, 6) is 0. The standard InChI is InChI=1S/C13H19O2.ClH.Mg/c1-2-3-7-10-14-12-15-11-13-8-5-4-6-9-13;;/h2,4-6,8-9H,3,7,10-12H2,1H3;1H;/q-1;;+2/p-1. The molecule has 0 amide bonds. The van der Waals surface area contributed by atoms with Crippen molar-refractivity contribution in [3.63, 3.8) is 0 Å². The van der Waals surface area contributed by atoms with E-state index >= 15 is 0 Å². The Kier molecular flexibility index (Phi) is 16.4. The second-order valence-electron chi connectivity index (χ2n) is 3.41. The van der Waals surface area contributed by atoms with E-state index in [1.807, 2.05) is 30.3 Å². The molecule has 1 rings (SSSR count). The summed E-state index contributed by atoms with van der Waals surface area (Å²) in [5, 5.41) is 0. The Morgan fingerprint density at radius 2 is 1.82 bits per heavy atom. The molecule has 0 radical (unpaired) electrons. The summed E-state index contributed by atoms with van der Waals surface area (Å²) in [4.78, 5) is 0. The van der Waals surface area contributed by atoms with Crippen molar-refractivity contribution in [2.75, 3.05) is 13.4 Å². The molecule has 0 aliphatic rings. The van der Waals surface area contributed by atoms with Crippen LogP contribution < -0.4 is 12.4 Å². The molecule has 1 aromatic rings. The van der Waals surface area contributed by atoms with E-state index in [1.54, 1.807) is 0 Å². The van der Waals surface area contributed by atoms with Crippen molar-refractivity contribution < 1.29 is 21.9 Å². The number of benzene rings is 1. The normalized spacial score (nSPS) is 9.24. The molecule has 0 aromatic heterocycles. The summed E-state index contributed by atoms with van der Waals surface area (Å²) >= 11 is 0. The van der Waals surface area contributed by atoms with Crippen molar-refractivity contribution in [2.24, 2.45) is 0 Å². The molecular formula is C13H19ClMgO2. The van der Waals surface area contributed by atoms with Gasteiger partial charge in [-0.05, 0) is 5.56 Å². The maximum Gasteiger partial charge on any atom is 2.00 e. The molecule has 4 heteroatoms. The molecule has 0 saturated carbocycles. The molecule has 0 spiro atoms. The van der Waals surface area contributed by atoms with Gasteiger partial charge in [0.2, 0.25) is 0 Å². The van der Waals surface area contributed by atoms with Gasteiger partial charge in [-0.25, -0.2) is 0 Å². The van der Waals surface area contributed by atoms with Gasteiger partial charge in [-0.15, -0.1) is 0 Å². The minimum atomic E-state index is 0. The van der Waals surface area contributed by atoms with Crippen LogP contribution in [-0.4, -0.2) is 36.5 Å². The number of hydrogen-bond donors (Lipinski definition) is 0. The van der Waals surface area contributed by atoms with Gasteiger partial charge in [0.15, 0.2) is 0 Å². The Labute approximate surface area is 127 Å². The van der Waals surface area contributed by atoms with Gasteiger partial charge < -0.3 is 28.3 Å². The van der Waals surface area contributed by atoms with Crippen LogP contribution >= 0.6 is 0 Å². The second-order valence-corrected chi connectivity index (χ2v) is 3.41. The molecule has 0 unspecified atom stereocenters. The fraction of sp³-hybridized carbons (Fsp3) is 0.462. The quantitative estimate of drug-likeness (QED) is 0.281. The molecule has 1 aromatic carbocycles. The number of halogens is 1. The van der Waals surface area contributed by atoms with Gasteiger partial charge >= 0.3 is 23.1 Å². The van der Waals surface area contributed by atoms with Crippen molar-refractivity contribution in [3.8, 4) is 0 Å². The minimum Gasteiger partial charge on any atom is -1.00 e. The first-order valence-electron chi connectivity index (χ1n) is 5.40. The molecule has 0 fully saturated rings. The molecule has 0 saturated heterocycles. The molecular weight excluding hydrogens is 248 g/mol. The van der Waals surface area contributed by atoms with Crippen LogP contribution in [0.25, 0.3) is 0 Å². The number of unbranched alkanes of at least 4 members (excludes halogenated alkanes) is 2. The minimum absolute atomic E-state index is 0.